The topological polar surface area (TPSA) is 29.9 Å². The number of aromatic nitrogens is 2. The third-order valence-electron chi connectivity index (χ3n) is 2.68. The summed E-state index contributed by atoms with van der Waals surface area (Å²) in [4.78, 5) is 0. The molecule has 0 bridgehead atoms. The highest BCUT2D eigenvalue weighted by molar-refractivity contribution is 9.10. The van der Waals surface area contributed by atoms with Gasteiger partial charge in [0.1, 0.15) is 0 Å². The zero-order chi connectivity index (χ0) is 13.1. The number of rotatable bonds is 4. The van der Waals surface area contributed by atoms with Gasteiger partial charge in [-0.1, -0.05) is 11.6 Å². The molecule has 0 fully saturated rings. The molecule has 1 N–H and O–H groups in total. The van der Waals surface area contributed by atoms with Gasteiger partial charge in [0.25, 0.3) is 0 Å². The molecule has 2 rings (SSSR count). The summed E-state index contributed by atoms with van der Waals surface area (Å²) in [6.45, 7) is 5.72. The fraction of sp³-hybridized carbons (Fsp3) is 0.308. The maximum Gasteiger partial charge on any atom is 0.0597 e. The van der Waals surface area contributed by atoms with Crippen LogP contribution in [0.2, 0.25) is 5.02 Å². The van der Waals surface area contributed by atoms with Crippen LogP contribution in [0.25, 0.3) is 0 Å². The van der Waals surface area contributed by atoms with Crippen LogP contribution >= 0.6 is 27.5 Å². The molecule has 0 unspecified atom stereocenters. The van der Waals surface area contributed by atoms with Crippen molar-refractivity contribution in [1.29, 1.82) is 0 Å². The molecule has 0 atom stereocenters. The van der Waals surface area contributed by atoms with Crippen LogP contribution in [0.15, 0.2) is 28.7 Å². The van der Waals surface area contributed by atoms with Gasteiger partial charge >= 0.3 is 0 Å². The fourth-order valence-corrected chi connectivity index (χ4v) is 2.24. The molecule has 0 aliphatic heterocycles. The van der Waals surface area contributed by atoms with Gasteiger partial charge in [-0.2, -0.15) is 5.10 Å². The Kier molecular flexibility index (Phi) is 4.30. The van der Waals surface area contributed by atoms with Crippen LogP contribution in [0.3, 0.4) is 0 Å². The number of anilines is 1. The van der Waals surface area contributed by atoms with E-state index in [-0.39, 0.29) is 0 Å². The van der Waals surface area contributed by atoms with E-state index in [2.05, 4.69) is 39.3 Å². The molecule has 0 amide bonds. The van der Waals surface area contributed by atoms with E-state index >= 15 is 0 Å². The summed E-state index contributed by atoms with van der Waals surface area (Å²) < 4.78 is 2.91. The van der Waals surface area contributed by atoms with Gasteiger partial charge in [0.2, 0.25) is 0 Å². The predicted molar refractivity (Wildman–Crippen MR) is 79.1 cm³/mol. The number of nitrogens with zero attached hydrogens (tertiary/aromatic N) is 2. The minimum Gasteiger partial charge on any atom is -0.379 e. The highest BCUT2D eigenvalue weighted by atomic mass is 79.9. The first-order valence-electron chi connectivity index (χ1n) is 5.82. The summed E-state index contributed by atoms with van der Waals surface area (Å²) in [6.07, 6.45) is 0. The van der Waals surface area contributed by atoms with Crippen LogP contribution in [0.5, 0.6) is 0 Å². The number of hydrogen-bond donors (Lipinski definition) is 1. The van der Waals surface area contributed by atoms with Gasteiger partial charge in [0, 0.05) is 16.7 Å². The maximum absolute atomic E-state index is 6.05. The molecule has 0 aliphatic carbocycles. The molecule has 1 aromatic heterocycles. The highest BCUT2D eigenvalue weighted by Crippen LogP contribution is 2.25. The van der Waals surface area contributed by atoms with E-state index < -0.39 is 0 Å². The van der Waals surface area contributed by atoms with E-state index in [9.17, 15) is 0 Å². The smallest absolute Gasteiger partial charge is 0.0597 e. The molecule has 5 heteroatoms. The zero-order valence-electron chi connectivity index (χ0n) is 10.4. The molecular formula is C13H15BrClN3. The summed E-state index contributed by atoms with van der Waals surface area (Å²) in [5.74, 6) is 0. The van der Waals surface area contributed by atoms with Crippen molar-refractivity contribution in [2.75, 3.05) is 5.32 Å². The number of benzene rings is 1. The Morgan fingerprint density at radius 2 is 2.17 bits per heavy atom. The Morgan fingerprint density at radius 1 is 1.39 bits per heavy atom. The van der Waals surface area contributed by atoms with Gasteiger partial charge in [0.15, 0.2) is 0 Å². The molecule has 0 radical (unpaired) electrons. The van der Waals surface area contributed by atoms with E-state index in [1.165, 1.54) is 5.69 Å². The predicted octanol–water partition coefficient (Wildman–Crippen LogP) is 4.24. The Balaban J connectivity index is 2.08. The zero-order valence-corrected chi connectivity index (χ0v) is 12.7. The fourth-order valence-electron chi connectivity index (χ4n) is 1.81. The highest BCUT2D eigenvalue weighted by Gasteiger charge is 2.04. The number of aryl methyl sites for hydroxylation is 2. The molecule has 2 aromatic rings. The second-order valence-corrected chi connectivity index (χ2v) is 5.34. The van der Waals surface area contributed by atoms with Crippen LogP contribution in [-0.4, -0.2) is 9.78 Å². The standard InChI is InChI=1S/C13H15BrClN3/c1-3-18-11(6-9(2)17-18)8-16-10-4-5-12(14)13(15)7-10/h4-7,16H,3,8H2,1-2H3. The second-order valence-electron chi connectivity index (χ2n) is 4.08. The van der Waals surface area contributed by atoms with E-state index in [0.717, 1.165) is 28.9 Å². The average Bonchev–Trinajstić information content (AvgIpc) is 2.71. The van der Waals surface area contributed by atoms with Crippen molar-refractivity contribution in [3.8, 4) is 0 Å². The number of hydrogen-bond acceptors (Lipinski definition) is 2. The van der Waals surface area contributed by atoms with E-state index in [0.29, 0.717) is 5.02 Å². The lowest BCUT2D eigenvalue weighted by Gasteiger charge is -2.08. The minimum atomic E-state index is 0.708. The lowest BCUT2D eigenvalue weighted by Crippen LogP contribution is -2.07. The summed E-state index contributed by atoms with van der Waals surface area (Å²) in [5, 5.41) is 8.48. The number of nitrogens with one attached hydrogen (secondary N) is 1. The Morgan fingerprint density at radius 3 is 2.83 bits per heavy atom. The summed E-state index contributed by atoms with van der Waals surface area (Å²) in [6, 6.07) is 7.94. The summed E-state index contributed by atoms with van der Waals surface area (Å²) in [5.41, 5.74) is 3.22. The number of halogens is 2. The van der Waals surface area contributed by atoms with Crippen molar-refractivity contribution in [3.05, 3.63) is 45.1 Å². The lowest BCUT2D eigenvalue weighted by atomic mass is 10.3. The molecule has 1 heterocycles. The molecule has 18 heavy (non-hydrogen) atoms. The van der Waals surface area contributed by atoms with Crippen LogP contribution in [0.1, 0.15) is 18.3 Å². The average molecular weight is 329 g/mol. The molecule has 0 aliphatic rings. The van der Waals surface area contributed by atoms with E-state index in [1.54, 1.807) is 0 Å². The summed E-state index contributed by atoms with van der Waals surface area (Å²) >= 11 is 9.43. The van der Waals surface area contributed by atoms with Gasteiger partial charge in [-0.3, -0.25) is 4.68 Å². The van der Waals surface area contributed by atoms with Crippen molar-refractivity contribution < 1.29 is 0 Å². The summed E-state index contributed by atoms with van der Waals surface area (Å²) in [7, 11) is 0. The largest absolute Gasteiger partial charge is 0.379 e. The van der Waals surface area contributed by atoms with Crippen molar-refractivity contribution in [2.24, 2.45) is 0 Å². The minimum absolute atomic E-state index is 0.708. The first kappa shape index (κ1) is 13.4. The van der Waals surface area contributed by atoms with Crippen LogP contribution in [0.4, 0.5) is 5.69 Å². The van der Waals surface area contributed by atoms with E-state index in [4.69, 9.17) is 11.6 Å². The van der Waals surface area contributed by atoms with Crippen molar-refractivity contribution in [2.45, 2.75) is 26.9 Å². The molecule has 3 nitrogen and oxygen atoms in total. The quantitative estimate of drug-likeness (QED) is 0.910. The second kappa shape index (κ2) is 5.76. The van der Waals surface area contributed by atoms with Crippen LogP contribution in [-0.2, 0) is 13.1 Å². The van der Waals surface area contributed by atoms with Gasteiger partial charge in [-0.05, 0) is 54.0 Å². The molecule has 96 valence electrons. The SMILES string of the molecule is CCn1nc(C)cc1CNc1ccc(Br)c(Cl)c1. The lowest BCUT2D eigenvalue weighted by molar-refractivity contribution is 0.623. The molecule has 0 saturated carbocycles. The monoisotopic (exact) mass is 327 g/mol. The Bertz CT molecular complexity index is 551. The first-order chi connectivity index (χ1) is 8.60. The van der Waals surface area contributed by atoms with Gasteiger partial charge in [0.05, 0.1) is 23.0 Å². The molecular weight excluding hydrogens is 314 g/mol. The Labute approximate surface area is 120 Å². The third-order valence-corrected chi connectivity index (χ3v) is 3.91. The van der Waals surface area contributed by atoms with Gasteiger partial charge < -0.3 is 5.32 Å². The van der Waals surface area contributed by atoms with Gasteiger partial charge in [-0.25, -0.2) is 0 Å². The van der Waals surface area contributed by atoms with Gasteiger partial charge in [-0.15, -0.1) is 0 Å². The van der Waals surface area contributed by atoms with Crippen molar-refractivity contribution in [1.82, 2.24) is 9.78 Å². The van der Waals surface area contributed by atoms with Crippen molar-refractivity contribution >= 4 is 33.2 Å². The molecule has 0 spiro atoms. The van der Waals surface area contributed by atoms with Crippen molar-refractivity contribution in [3.63, 3.8) is 0 Å². The molecule has 0 saturated heterocycles. The Hall–Kier alpha value is -1.000. The third kappa shape index (κ3) is 3.06. The normalized spacial score (nSPS) is 10.7. The first-order valence-corrected chi connectivity index (χ1v) is 6.99. The van der Waals surface area contributed by atoms with Crippen LogP contribution in [0, 0.1) is 6.92 Å². The van der Waals surface area contributed by atoms with E-state index in [1.807, 2.05) is 29.8 Å². The maximum atomic E-state index is 6.05. The molecule has 1 aromatic carbocycles. The van der Waals surface area contributed by atoms with Crippen LogP contribution < -0.4 is 5.32 Å².